The molecule has 0 aromatic carbocycles. The molecule has 24 heteroatoms. The Balaban J connectivity index is -0.000000567. The second-order valence-electron chi connectivity index (χ2n) is 25.1. The molecule has 0 aromatic rings. The average molecular weight is 1170 g/mol. The predicted molar refractivity (Wildman–Crippen MR) is 315 cm³/mol. The van der Waals surface area contributed by atoms with E-state index < -0.39 is 90.1 Å². The number of hydrogen-bond acceptors (Lipinski definition) is 10. The van der Waals surface area contributed by atoms with E-state index in [1.165, 1.54) is 12.1 Å². The van der Waals surface area contributed by atoms with Crippen LogP contribution in [0.15, 0.2) is 24.3 Å². The largest absolute Gasteiger partial charge is 1.00 e. The van der Waals surface area contributed by atoms with Crippen LogP contribution in [0.25, 0.3) is 0 Å². The van der Waals surface area contributed by atoms with Crippen molar-refractivity contribution < 1.29 is 63.3 Å². The van der Waals surface area contributed by atoms with Gasteiger partial charge in [-0.25, -0.2) is 9.59 Å². The van der Waals surface area contributed by atoms with Gasteiger partial charge in [-0.05, 0) is 206 Å². The van der Waals surface area contributed by atoms with Gasteiger partial charge in [0.25, 0.3) is 0 Å². The third-order valence-electron chi connectivity index (χ3n) is 9.39. The Hall–Kier alpha value is 1.74. The Morgan fingerprint density at radius 1 is 0.522 bits per heavy atom. The Kier molecular flexibility index (Phi) is 34.8. The van der Waals surface area contributed by atoms with Gasteiger partial charge >= 0.3 is 39.4 Å². The summed E-state index contributed by atoms with van der Waals surface area (Å²) in [5.74, 6) is -0.679. The average Bonchev–Trinajstić information content (AvgIpc) is 3.29. The Morgan fingerprint density at radius 3 is 0.985 bits per heavy atom. The van der Waals surface area contributed by atoms with Gasteiger partial charge < -0.3 is 34.8 Å². The molecule has 0 atom stereocenters. The summed E-state index contributed by atoms with van der Waals surface area (Å²) in [6.45, 7) is 60.4. The van der Waals surface area contributed by atoms with E-state index in [0.717, 1.165) is 49.1 Å². The maximum Gasteiger partial charge on any atom is 1.00 e. The third kappa shape index (κ3) is 49.7. The first kappa shape index (κ1) is 75.3. The number of halogens is 2. The summed E-state index contributed by atoms with van der Waals surface area (Å²) in [6.07, 6.45) is 1.46. The molecule has 1 heterocycles. The summed E-state index contributed by atoms with van der Waals surface area (Å²) in [5, 5.41) is 0. The molecule has 1 saturated heterocycles. The molecule has 0 N–H and O–H groups in total. The van der Waals surface area contributed by atoms with Crippen LogP contribution in [-0.2, 0) is 39.6 Å². The molecule has 0 saturated carbocycles. The maximum atomic E-state index is 11.9. The molecule has 1 aliphatic heterocycles. The minimum atomic E-state index is -2.53. The normalized spacial score (nSPS) is 15.6. The quantitative estimate of drug-likeness (QED) is 0.0304. The molecule has 0 amide bonds. The Bertz CT molecular complexity index is 1430. The molecular weight excluding hydrogens is 1060 g/mol. The first-order chi connectivity index (χ1) is 28.8. The van der Waals surface area contributed by atoms with Gasteiger partial charge in [-0.1, -0.05) is 41.1 Å². The van der Waals surface area contributed by atoms with E-state index in [1.807, 2.05) is 6.55 Å². The topological polar surface area (TPSA) is 122 Å². The van der Waals surface area contributed by atoms with Crippen molar-refractivity contribution in [1.82, 2.24) is 0 Å². The zero-order valence-corrected chi connectivity index (χ0v) is 60.7. The number of hydrogen-bond donors (Lipinski definition) is 0. The van der Waals surface area contributed by atoms with Crippen molar-refractivity contribution >= 4 is 124 Å². The summed E-state index contributed by atoms with van der Waals surface area (Å²) < 4.78 is 43.8. The molecule has 0 radical (unpaired) electrons. The van der Waals surface area contributed by atoms with Crippen LogP contribution in [0.1, 0.15) is 26.7 Å². The summed E-state index contributed by atoms with van der Waals surface area (Å²) in [5.41, 5.74) is 0.848. The van der Waals surface area contributed by atoms with E-state index in [0.29, 0.717) is 24.4 Å². The van der Waals surface area contributed by atoms with Crippen LogP contribution in [0.4, 0.5) is 0 Å². The van der Waals surface area contributed by atoms with E-state index in [1.54, 1.807) is 33.5 Å². The van der Waals surface area contributed by atoms with Crippen LogP contribution in [0.3, 0.4) is 0 Å². The molecule has 0 spiro atoms. The molecule has 67 heavy (non-hydrogen) atoms. The van der Waals surface area contributed by atoms with Gasteiger partial charge in [0.2, 0.25) is 6.69 Å². The molecule has 0 unspecified atom stereocenters. The summed E-state index contributed by atoms with van der Waals surface area (Å²) >= 11 is 11.7. The molecule has 0 bridgehead atoms. The molecule has 1 aliphatic rings. The Labute approximate surface area is 446 Å². The fourth-order valence-corrected chi connectivity index (χ4v) is 56.4. The standard InChI is InChI=1S/C26H64O6Si7.C8H14Cl2O2Si.C6H16OSi2.C3H9OSi.Li/c1-25(2)26(27)28-19-18-20-39(17,31-37(13,14)23-21-35(9,10)29-33(3,4)5)32-38(15,16)24-22-36(11,12)30-34(6,7)8;1-7(2)8(11)12-5-4-6-13(3,9)10;1-8(2)5-6-9(3,4)7-8;1-5(2,3)4;/h1,18-24H2,2-17H3;1,4-6H2,2-3H3;5-6H2,1-4H3;1-3H3;/q;;;-1;+1. The second kappa shape index (κ2) is 31.0. The van der Waals surface area contributed by atoms with Crippen molar-refractivity contribution in [2.24, 2.45) is 0 Å². The van der Waals surface area contributed by atoms with Gasteiger partial charge in [0.1, 0.15) is 0 Å². The van der Waals surface area contributed by atoms with E-state index in [4.69, 9.17) is 52.2 Å². The van der Waals surface area contributed by atoms with Gasteiger partial charge in [0.05, 0.1) is 13.2 Å². The fourth-order valence-electron chi connectivity index (χ4n) is 7.16. The molecule has 10 nitrogen and oxygen atoms in total. The van der Waals surface area contributed by atoms with Gasteiger partial charge in [-0.3, -0.25) is 0 Å². The summed E-state index contributed by atoms with van der Waals surface area (Å²) in [4.78, 5) is 33.0. The molecule has 394 valence electrons. The monoisotopic (exact) mass is 1160 g/mol. The van der Waals surface area contributed by atoms with Gasteiger partial charge in [0.15, 0.2) is 66.5 Å². The van der Waals surface area contributed by atoms with Crippen LogP contribution in [-0.4, -0.2) is 115 Å². The molecule has 1 fully saturated rings. The van der Waals surface area contributed by atoms with Crippen LogP contribution < -0.4 is 23.7 Å². The fraction of sp³-hybridized carbons (Fsp3) is 0.860. The van der Waals surface area contributed by atoms with Crippen molar-refractivity contribution in [3.63, 3.8) is 0 Å². The minimum absolute atomic E-state index is 0. The van der Waals surface area contributed by atoms with E-state index in [2.05, 4.69) is 138 Å². The molecule has 0 aromatic heterocycles. The maximum absolute atomic E-state index is 11.9. The first-order valence-corrected chi connectivity index (χ1v) is 60.2. The van der Waals surface area contributed by atoms with Crippen molar-refractivity contribution in [1.29, 1.82) is 0 Å². The number of rotatable bonds is 24. The molecule has 1 rings (SSSR count). The third-order valence-corrected chi connectivity index (χ3v) is 44.9. The smallest absolute Gasteiger partial charge is 0.859 e. The zero-order valence-electron chi connectivity index (χ0n) is 48.2. The van der Waals surface area contributed by atoms with Crippen LogP contribution in [0.5, 0.6) is 0 Å². The summed E-state index contributed by atoms with van der Waals surface area (Å²) in [7, 11) is -17.3. The van der Waals surface area contributed by atoms with Crippen LogP contribution in [0.2, 0.25) is 199 Å². The first-order valence-electron chi connectivity index (χ1n) is 24.1. The SMILES string of the molecule is C=C(C)C(=O)OCCC[Si](C)(Cl)Cl.C=C(C)C(=O)OCCC[Si](C)(O[Si](C)(C)CC[Si](C)(C)O[Si](C)(C)C)O[Si](C)(C)CC[Si](C)(C)O[Si](C)(C)C.C[Si](C)(C)[O-].C[Si]1(C)CC[Si](C)(C)O1.[Li+]. The van der Waals surface area contributed by atoms with Crippen LogP contribution >= 0.6 is 22.2 Å². The van der Waals surface area contributed by atoms with Crippen molar-refractivity contribution in [2.75, 3.05) is 13.2 Å². The Morgan fingerprint density at radius 2 is 0.776 bits per heavy atom. The predicted octanol–water partition coefficient (Wildman–Crippen LogP) is 11.8. The van der Waals surface area contributed by atoms with Crippen molar-refractivity contribution in [3.8, 4) is 0 Å². The second-order valence-corrected chi connectivity index (χ2v) is 77.0. The number of esters is 2. The van der Waals surface area contributed by atoms with Crippen LogP contribution in [0, 0.1) is 0 Å². The minimum Gasteiger partial charge on any atom is -0.859 e. The molecule has 0 aliphatic carbocycles. The molecular formula is C43H103Cl2LiO10Si11. The van der Waals surface area contributed by atoms with Gasteiger partial charge in [0, 0.05) is 11.1 Å². The van der Waals surface area contributed by atoms with E-state index in [-0.39, 0.29) is 30.8 Å². The number of carbonyl (C=O) groups excluding carboxylic acids is 2. The zero-order chi connectivity index (χ0) is 53.2. The van der Waals surface area contributed by atoms with Crippen molar-refractivity contribution in [2.45, 2.75) is 226 Å². The van der Waals surface area contributed by atoms with E-state index in [9.17, 15) is 14.4 Å². The van der Waals surface area contributed by atoms with Gasteiger partial charge in [-0.2, -0.15) is 0 Å². The number of ether oxygens (including phenoxy) is 2. The van der Waals surface area contributed by atoms with E-state index >= 15 is 0 Å². The van der Waals surface area contributed by atoms with Crippen molar-refractivity contribution in [3.05, 3.63) is 24.3 Å². The van der Waals surface area contributed by atoms with Gasteiger partial charge in [-0.15, -0.1) is 22.2 Å². The summed E-state index contributed by atoms with van der Waals surface area (Å²) in [6, 6.07) is 8.75. The number of carbonyl (C=O) groups is 2.